The van der Waals surface area contributed by atoms with Crippen LogP contribution in [0, 0.1) is 11.6 Å². The summed E-state index contributed by atoms with van der Waals surface area (Å²) in [5.41, 5.74) is -0.721. The molecule has 0 bridgehead atoms. The van der Waals surface area contributed by atoms with E-state index in [4.69, 9.17) is 4.42 Å². The first kappa shape index (κ1) is 14.1. The third-order valence-corrected chi connectivity index (χ3v) is 2.88. The van der Waals surface area contributed by atoms with Crippen molar-refractivity contribution < 1.29 is 31.8 Å². The van der Waals surface area contributed by atoms with Crippen molar-refractivity contribution in [1.29, 1.82) is 0 Å². The van der Waals surface area contributed by atoms with Crippen LogP contribution in [-0.2, 0) is 10.0 Å². The molecule has 1 aromatic carbocycles. The zero-order chi connectivity index (χ0) is 15.1. The van der Waals surface area contributed by atoms with Gasteiger partial charge in [-0.05, 0) is 12.1 Å². The molecule has 2 aromatic rings. The van der Waals surface area contributed by atoms with Gasteiger partial charge in [0.1, 0.15) is 11.6 Å². The summed E-state index contributed by atoms with van der Waals surface area (Å²) in [7, 11) is -3.81. The fourth-order valence-electron chi connectivity index (χ4n) is 1.54. The topological polar surface area (TPSA) is 99.8 Å². The van der Waals surface area contributed by atoms with Crippen molar-refractivity contribution in [3.8, 4) is 22.8 Å². The number of nitrogens with one attached hydrogen (secondary N) is 1. The predicted octanol–water partition coefficient (Wildman–Crippen LogP) is 2.01. The Morgan fingerprint density at radius 1 is 1.15 bits per heavy atom. The molecule has 1 aromatic heterocycles. The minimum atomic E-state index is -3.81. The van der Waals surface area contributed by atoms with Gasteiger partial charge in [0, 0.05) is 0 Å². The van der Waals surface area contributed by atoms with Crippen LogP contribution in [0.15, 0.2) is 22.6 Å². The summed E-state index contributed by atoms with van der Waals surface area (Å²) in [4.78, 5) is 0. The van der Waals surface area contributed by atoms with Crippen LogP contribution in [0.5, 0.6) is 11.5 Å². The number of aromatic hydroxyl groups is 2. The summed E-state index contributed by atoms with van der Waals surface area (Å²) in [5, 5.41) is 19.1. The Bertz CT molecular complexity index is 749. The molecule has 108 valence electrons. The Morgan fingerprint density at radius 3 is 2.20 bits per heavy atom. The van der Waals surface area contributed by atoms with Gasteiger partial charge in [-0.2, -0.15) is 0 Å². The highest BCUT2D eigenvalue weighted by Gasteiger charge is 2.26. The van der Waals surface area contributed by atoms with Gasteiger partial charge in [0.05, 0.1) is 11.8 Å². The Labute approximate surface area is 112 Å². The van der Waals surface area contributed by atoms with Crippen LogP contribution in [-0.4, -0.2) is 24.9 Å². The van der Waals surface area contributed by atoms with Gasteiger partial charge >= 0.3 is 0 Å². The van der Waals surface area contributed by atoms with Gasteiger partial charge in [-0.25, -0.2) is 17.2 Å². The van der Waals surface area contributed by atoms with Gasteiger partial charge in [0.25, 0.3) is 5.88 Å². The third-order valence-electron chi connectivity index (χ3n) is 2.33. The zero-order valence-corrected chi connectivity index (χ0v) is 10.8. The molecule has 0 atom stereocenters. The maximum Gasteiger partial charge on any atom is 0.253 e. The normalized spacial score (nSPS) is 11.6. The molecule has 1 heterocycles. The number of anilines is 1. The Balaban J connectivity index is 2.63. The highest BCUT2D eigenvalue weighted by molar-refractivity contribution is 7.92. The number of hydrogen-bond donors (Lipinski definition) is 3. The summed E-state index contributed by atoms with van der Waals surface area (Å²) in [5.74, 6) is -5.47. The molecule has 0 fully saturated rings. The predicted molar refractivity (Wildman–Crippen MR) is 65.9 cm³/mol. The minimum Gasteiger partial charge on any atom is -0.502 e. The Hall–Kier alpha value is -2.29. The Kier molecular flexibility index (Phi) is 3.30. The van der Waals surface area contributed by atoms with Gasteiger partial charge in [0.15, 0.2) is 5.76 Å². The lowest BCUT2D eigenvalue weighted by Crippen LogP contribution is -2.08. The first-order valence-electron chi connectivity index (χ1n) is 5.17. The van der Waals surface area contributed by atoms with Crippen LogP contribution in [0.2, 0.25) is 0 Å². The summed E-state index contributed by atoms with van der Waals surface area (Å²) in [6.45, 7) is 0. The second-order valence-electron chi connectivity index (χ2n) is 3.93. The highest BCUT2D eigenvalue weighted by atomic mass is 32.2. The van der Waals surface area contributed by atoms with E-state index in [2.05, 4.69) is 0 Å². The fraction of sp³-hybridized carbons (Fsp3) is 0.0909. The van der Waals surface area contributed by atoms with Crippen LogP contribution in [0.25, 0.3) is 11.3 Å². The van der Waals surface area contributed by atoms with Gasteiger partial charge in [-0.1, -0.05) is 6.07 Å². The molecule has 0 aliphatic heterocycles. The third kappa shape index (κ3) is 2.52. The number of halogens is 2. The first-order valence-corrected chi connectivity index (χ1v) is 7.06. The zero-order valence-electron chi connectivity index (χ0n) is 10.0. The monoisotopic (exact) mass is 305 g/mol. The van der Waals surface area contributed by atoms with Crippen LogP contribution >= 0.6 is 0 Å². The van der Waals surface area contributed by atoms with E-state index in [1.165, 1.54) is 0 Å². The van der Waals surface area contributed by atoms with E-state index in [0.717, 1.165) is 24.5 Å². The van der Waals surface area contributed by atoms with Gasteiger partial charge in [-0.3, -0.25) is 4.72 Å². The summed E-state index contributed by atoms with van der Waals surface area (Å²) < 4.78 is 55.8. The maximum absolute atomic E-state index is 13.6. The Morgan fingerprint density at radius 2 is 1.70 bits per heavy atom. The molecule has 0 aliphatic rings. The lowest BCUT2D eigenvalue weighted by molar-refractivity contribution is 0.410. The summed E-state index contributed by atoms with van der Waals surface area (Å²) in [6.07, 6.45) is 0.773. The molecule has 3 N–H and O–H groups in total. The second kappa shape index (κ2) is 4.67. The second-order valence-corrected chi connectivity index (χ2v) is 5.68. The van der Waals surface area contributed by atoms with Crippen molar-refractivity contribution >= 4 is 15.9 Å². The largest absolute Gasteiger partial charge is 0.502 e. The molecule has 0 aliphatic carbocycles. The van der Waals surface area contributed by atoms with E-state index >= 15 is 0 Å². The molecule has 9 heteroatoms. The van der Waals surface area contributed by atoms with Gasteiger partial charge in [0.2, 0.25) is 21.5 Å². The highest BCUT2D eigenvalue weighted by Crippen LogP contribution is 2.46. The molecule has 0 amide bonds. The molecule has 0 radical (unpaired) electrons. The average molecular weight is 305 g/mol. The molecule has 2 rings (SSSR count). The molecule has 0 unspecified atom stereocenters. The van der Waals surface area contributed by atoms with E-state index in [9.17, 15) is 27.4 Å². The SMILES string of the molecule is CS(=O)(=O)Nc1oc(-c2c(F)cccc2F)c(O)c1O. The van der Waals surface area contributed by atoms with Crippen LogP contribution < -0.4 is 4.72 Å². The molecule has 0 saturated carbocycles. The fourth-order valence-corrected chi connectivity index (χ4v) is 2.01. The number of hydrogen-bond acceptors (Lipinski definition) is 5. The van der Waals surface area contributed by atoms with Crippen LogP contribution in [0.3, 0.4) is 0 Å². The van der Waals surface area contributed by atoms with E-state index < -0.39 is 50.4 Å². The first-order chi connectivity index (χ1) is 9.20. The summed E-state index contributed by atoms with van der Waals surface area (Å²) in [6, 6.07) is 2.94. The number of furan rings is 1. The van der Waals surface area contributed by atoms with E-state index in [1.54, 1.807) is 4.72 Å². The van der Waals surface area contributed by atoms with E-state index in [-0.39, 0.29) is 0 Å². The molecule has 6 nitrogen and oxygen atoms in total. The molecular weight excluding hydrogens is 296 g/mol. The van der Waals surface area contributed by atoms with Crippen molar-refractivity contribution in [1.82, 2.24) is 0 Å². The van der Waals surface area contributed by atoms with Crippen molar-refractivity contribution in [2.24, 2.45) is 0 Å². The summed E-state index contributed by atoms with van der Waals surface area (Å²) >= 11 is 0. The van der Waals surface area contributed by atoms with Crippen molar-refractivity contribution in [2.75, 3.05) is 11.0 Å². The maximum atomic E-state index is 13.6. The van der Waals surface area contributed by atoms with Crippen molar-refractivity contribution in [3.63, 3.8) is 0 Å². The van der Waals surface area contributed by atoms with Gasteiger partial charge < -0.3 is 14.6 Å². The van der Waals surface area contributed by atoms with E-state index in [1.807, 2.05) is 0 Å². The molecule has 0 saturated heterocycles. The van der Waals surface area contributed by atoms with Crippen LogP contribution in [0.1, 0.15) is 0 Å². The number of sulfonamides is 1. The van der Waals surface area contributed by atoms with Gasteiger partial charge in [-0.15, -0.1) is 0 Å². The molecular formula is C11H9F2NO5S. The van der Waals surface area contributed by atoms with E-state index in [0.29, 0.717) is 0 Å². The standard InChI is InChI=1S/C11H9F2NO5S/c1-20(17,18)14-11-9(16)8(15)10(19-11)7-5(12)3-2-4-6(7)13/h2-4,14-16H,1H3. The molecule has 20 heavy (non-hydrogen) atoms. The average Bonchev–Trinajstić information content (AvgIpc) is 2.56. The number of benzene rings is 1. The van der Waals surface area contributed by atoms with Crippen LogP contribution in [0.4, 0.5) is 14.7 Å². The smallest absolute Gasteiger partial charge is 0.253 e. The van der Waals surface area contributed by atoms with Crippen molar-refractivity contribution in [2.45, 2.75) is 0 Å². The van der Waals surface area contributed by atoms with Crippen molar-refractivity contribution in [3.05, 3.63) is 29.8 Å². The lowest BCUT2D eigenvalue weighted by atomic mass is 10.1. The number of rotatable bonds is 3. The minimum absolute atomic E-state index is 0.718. The molecule has 0 spiro atoms. The quantitative estimate of drug-likeness (QED) is 0.805. The lowest BCUT2D eigenvalue weighted by Gasteiger charge is -2.01.